The van der Waals surface area contributed by atoms with Gasteiger partial charge in [-0.1, -0.05) is 18.2 Å². The summed E-state index contributed by atoms with van der Waals surface area (Å²) in [7, 11) is 0. The number of ether oxygens (including phenoxy) is 3. The van der Waals surface area contributed by atoms with Crippen molar-refractivity contribution in [2.45, 2.75) is 26.8 Å². The number of amides is 1. The number of fused-ring (bicyclic) bond motifs is 1. The minimum atomic E-state index is -0.168. The summed E-state index contributed by atoms with van der Waals surface area (Å²) >= 11 is 0. The summed E-state index contributed by atoms with van der Waals surface area (Å²) < 4.78 is 16.1. The molecule has 3 rings (SSSR count). The zero-order chi connectivity index (χ0) is 17.1. The standard InChI is InChI=1S/C19H21NO4/c1-12-4-5-15(8-13(12)2)14(3)20-19(21)10-22-16-6-7-17-18(9-16)24-11-23-17/h4-9,14H,10-11H2,1-3H3,(H,20,21). The van der Waals surface area contributed by atoms with Crippen LogP contribution in [0.3, 0.4) is 0 Å². The van der Waals surface area contributed by atoms with Crippen molar-refractivity contribution < 1.29 is 19.0 Å². The molecule has 0 aromatic heterocycles. The van der Waals surface area contributed by atoms with Gasteiger partial charge in [-0.25, -0.2) is 0 Å². The number of benzene rings is 2. The second-order valence-corrected chi connectivity index (χ2v) is 5.94. The van der Waals surface area contributed by atoms with Gasteiger partial charge in [-0.2, -0.15) is 0 Å². The maximum atomic E-state index is 12.1. The van der Waals surface area contributed by atoms with Gasteiger partial charge >= 0.3 is 0 Å². The Morgan fingerprint density at radius 2 is 1.92 bits per heavy atom. The number of hydrogen-bond donors (Lipinski definition) is 1. The molecule has 1 heterocycles. The van der Waals surface area contributed by atoms with Crippen molar-refractivity contribution in [2.75, 3.05) is 13.4 Å². The molecule has 0 bridgehead atoms. The second kappa shape index (κ2) is 6.83. The molecular formula is C19H21NO4. The van der Waals surface area contributed by atoms with Crippen LogP contribution in [-0.4, -0.2) is 19.3 Å². The third-order valence-corrected chi connectivity index (χ3v) is 4.12. The van der Waals surface area contributed by atoms with Crippen LogP contribution >= 0.6 is 0 Å². The Morgan fingerprint density at radius 3 is 2.71 bits per heavy atom. The highest BCUT2D eigenvalue weighted by molar-refractivity contribution is 5.78. The van der Waals surface area contributed by atoms with E-state index < -0.39 is 0 Å². The van der Waals surface area contributed by atoms with E-state index in [4.69, 9.17) is 14.2 Å². The Kier molecular flexibility index (Phi) is 4.60. The normalized spacial score (nSPS) is 13.5. The summed E-state index contributed by atoms with van der Waals surface area (Å²) in [4.78, 5) is 12.1. The molecular weight excluding hydrogens is 306 g/mol. The molecule has 5 nitrogen and oxygen atoms in total. The molecule has 0 fully saturated rings. The highest BCUT2D eigenvalue weighted by atomic mass is 16.7. The fraction of sp³-hybridized carbons (Fsp3) is 0.316. The molecule has 1 N–H and O–H groups in total. The number of carbonyl (C=O) groups is 1. The average Bonchev–Trinajstić information content (AvgIpc) is 3.03. The summed E-state index contributed by atoms with van der Waals surface area (Å²) in [5.74, 6) is 1.73. The number of rotatable bonds is 5. The number of hydrogen-bond acceptors (Lipinski definition) is 4. The van der Waals surface area contributed by atoms with E-state index in [2.05, 4.69) is 31.3 Å². The quantitative estimate of drug-likeness (QED) is 0.915. The first-order valence-corrected chi connectivity index (χ1v) is 7.92. The largest absolute Gasteiger partial charge is 0.484 e. The molecule has 24 heavy (non-hydrogen) atoms. The third-order valence-electron chi connectivity index (χ3n) is 4.12. The predicted octanol–water partition coefficient (Wildman–Crippen LogP) is 3.29. The third kappa shape index (κ3) is 3.62. The van der Waals surface area contributed by atoms with Crippen LogP contribution in [-0.2, 0) is 4.79 Å². The molecule has 0 aliphatic carbocycles. The van der Waals surface area contributed by atoms with Gasteiger partial charge in [0, 0.05) is 6.07 Å². The van der Waals surface area contributed by atoms with Crippen LogP contribution in [0.15, 0.2) is 36.4 Å². The van der Waals surface area contributed by atoms with Crippen LogP contribution in [0.5, 0.6) is 17.2 Å². The molecule has 1 aliphatic heterocycles. The van der Waals surface area contributed by atoms with E-state index in [1.165, 1.54) is 11.1 Å². The lowest BCUT2D eigenvalue weighted by atomic mass is 10.0. The van der Waals surface area contributed by atoms with Crippen molar-refractivity contribution in [1.29, 1.82) is 0 Å². The van der Waals surface area contributed by atoms with Gasteiger partial charge in [0.15, 0.2) is 18.1 Å². The highest BCUT2D eigenvalue weighted by Crippen LogP contribution is 2.35. The van der Waals surface area contributed by atoms with Crippen molar-refractivity contribution in [1.82, 2.24) is 5.32 Å². The van der Waals surface area contributed by atoms with E-state index >= 15 is 0 Å². The summed E-state index contributed by atoms with van der Waals surface area (Å²) in [6.45, 7) is 6.27. The predicted molar refractivity (Wildman–Crippen MR) is 90.5 cm³/mol. The monoisotopic (exact) mass is 327 g/mol. The minimum absolute atomic E-state index is 0.0468. The summed E-state index contributed by atoms with van der Waals surface area (Å²) in [6.07, 6.45) is 0. The lowest BCUT2D eigenvalue weighted by molar-refractivity contribution is -0.123. The van der Waals surface area contributed by atoms with Crippen LogP contribution in [0.1, 0.15) is 29.7 Å². The van der Waals surface area contributed by atoms with Gasteiger partial charge < -0.3 is 19.5 Å². The Balaban J connectivity index is 1.54. The molecule has 0 radical (unpaired) electrons. The maximum absolute atomic E-state index is 12.1. The van der Waals surface area contributed by atoms with E-state index in [0.29, 0.717) is 17.2 Å². The molecule has 0 saturated heterocycles. The van der Waals surface area contributed by atoms with E-state index in [1.54, 1.807) is 18.2 Å². The molecule has 1 unspecified atom stereocenters. The van der Waals surface area contributed by atoms with Crippen LogP contribution in [0, 0.1) is 13.8 Å². The molecule has 0 saturated carbocycles. The van der Waals surface area contributed by atoms with Gasteiger partial charge in [-0.15, -0.1) is 0 Å². The average molecular weight is 327 g/mol. The van der Waals surface area contributed by atoms with Gasteiger partial charge in [0.2, 0.25) is 6.79 Å². The van der Waals surface area contributed by atoms with E-state index in [0.717, 1.165) is 5.56 Å². The Labute approximate surface area is 141 Å². The molecule has 0 spiro atoms. The lowest BCUT2D eigenvalue weighted by Gasteiger charge is -2.16. The second-order valence-electron chi connectivity index (χ2n) is 5.94. The number of carbonyl (C=O) groups excluding carboxylic acids is 1. The molecule has 1 amide bonds. The zero-order valence-electron chi connectivity index (χ0n) is 14.1. The number of nitrogens with one attached hydrogen (secondary N) is 1. The van der Waals surface area contributed by atoms with Crippen LogP contribution in [0.2, 0.25) is 0 Å². The highest BCUT2D eigenvalue weighted by Gasteiger charge is 2.15. The van der Waals surface area contributed by atoms with Crippen molar-refractivity contribution >= 4 is 5.91 Å². The first-order chi connectivity index (χ1) is 11.5. The van der Waals surface area contributed by atoms with E-state index in [-0.39, 0.29) is 25.3 Å². The Morgan fingerprint density at radius 1 is 1.12 bits per heavy atom. The first kappa shape index (κ1) is 16.2. The Bertz CT molecular complexity index is 757. The number of aryl methyl sites for hydroxylation is 2. The van der Waals surface area contributed by atoms with Crippen molar-refractivity contribution in [3.63, 3.8) is 0 Å². The van der Waals surface area contributed by atoms with E-state index in [1.807, 2.05) is 13.0 Å². The van der Waals surface area contributed by atoms with Crippen LogP contribution in [0.25, 0.3) is 0 Å². The lowest BCUT2D eigenvalue weighted by Crippen LogP contribution is -2.31. The van der Waals surface area contributed by atoms with Crippen LogP contribution in [0.4, 0.5) is 0 Å². The van der Waals surface area contributed by atoms with E-state index in [9.17, 15) is 4.79 Å². The van der Waals surface area contributed by atoms with Crippen LogP contribution < -0.4 is 19.5 Å². The molecule has 5 heteroatoms. The van der Waals surface area contributed by atoms with Gasteiger partial charge in [0.1, 0.15) is 5.75 Å². The van der Waals surface area contributed by atoms with Gasteiger partial charge in [0.25, 0.3) is 5.91 Å². The maximum Gasteiger partial charge on any atom is 0.258 e. The molecule has 1 atom stereocenters. The zero-order valence-corrected chi connectivity index (χ0v) is 14.1. The molecule has 2 aromatic carbocycles. The topological polar surface area (TPSA) is 56.8 Å². The fourth-order valence-corrected chi connectivity index (χ4v) is 2.52. The first-order valence-electron chi connectivity index (χ1n) is 7.92. The summed E-state index contributed by atoms with van der Waals surface area (Å²) in [5, 5.41) is 2.95. The molecule has 2 aromatic rings. The smallest absolute Gasteiger partial charge is 0.258 e. The Hall–Kier alpha value is -2.69. The van der Waals surface area contributed by atoms with Gasteiger partial charge in [-0.05, 0) is 49.6 Å². The fourth-order valence-electron chi connectivity index (χ4n) is 2.52. The van der Waals surface area contributed by atoms with Gasteiger partial charge in [0.05, 0.1) is 6.04 Å². The SMILES string of the molecule is Cc1ccc(C(C)NC(=O)COc2ccc3c(c2)OCO3)cc1C. The summed E-state index contributed by atoms with van der Waals surface area (Å²) in [5.41, 5.74) is 3.53. The molecule has 126 valence electrons. The van der Waals surface area contributed by atoms with Crippen molar-refractivity contribution in [3.8, 4) is 17.2 Å². The van der Waals surface area contributed by atoms with Crippen molar-refractivity contribution in [2.24, 2.45) is 0 Å². The minimum Gasteiger partial charge on any atom is -0.484 e. The van der Waals surface area contributed by atoms with Crippen molar-refractivity contribution in [3.05, 3.63) is 53.1 Å². The summed E-state index contributed by atoms with van der Waals surface area (Å²) in [6, 6.07) is 11.4. The molecule has 1 aliphatic rings. The van der Waals surface area contributed by atoms with Gasteiger partial charge in [-0.3, -0.25) is 4.79 Å².